The van der Waals surface area contributed by atoms with Crippen LogP contribution in [0.2, 0.25) is 0 Å². The van der Waals surface area contributed by atoms with E-state index >= 15 is 0 Å². The van der Waals surface area contributed by atoms with Crippen molar-refractivity contribution in [3.05, 3.63) is 46.3 Å². The first-order valence-electron chi connectivity index (χ1n) is 7.54. The molecule has 0 amide bonds. The molecule has 0 bridgehead atoms. The Morgan fingerprint density at radius 2 is 1.93 bits per heavy atom. The van der Waals surface area contributed by atoms with Gasteiger partial charge in [-0.3, -0.25) is 4.18 Å². The zero-order valence-corrected chi connectivity index (χ0v) is 14.8. The van der Waals surface area contributed by atoms with E-state index in [0.29, 0.717) is 5.56 Å². The molecule has 1 fully saturated rings. The highest BCUT2D eigenvalue weighted by Gasteiger charge is 2.55. The fourth-order valence-electron chi connectivity index (χ4n) is 2.42. The Labute approximate surface area is 152 Å². The molecule has 0 aliphatic carbocycles. The van der Waals surface area contributed by atoms with Crippen LogP contribution >= 0.6 is 0 Å². The second-order valence-corrected chi connectivity index (χ2v) is 6.98. The Morgan fingerprint density at radius 1 is 1.26 bits per heavy atom. The molecule has 1 saturated heterocycles. The van der Waals surface area contributed by atoms with Crippen LogP contribution in [0.3, 0.4) is 0 Å². The summed E-state index contributed by atoms with van der Waals surface area (Å²) in [6.45, 7) is -0.383. The van der Waals surface area contributed by atoms with Crippen molar-refractivity contribution in [1.29, 1.82) is 0 Å². The Hall–Kier alpha value is -1.89. The lowest BCUT2D eigenvalue weighted by Gasteiger charge is -2.23. The van der Waals surface area contributed by atoms with Gasteiger partial charge >= 0.3 is 15.6 Å². The Kier molecular flexibility index (Phi) is 7.03. The summed E-state index contributed by atoms with van der Waals surface area (Å²) >= 11 is 0. The zero-order valence-electron chi connectivity index (χ0n) is 13.9. The number of benzene rings is 1. The van der Waals surface area contributed by atoms with Crippen LogP contribution in [0.4, 0.5) is 13.2 Å². The molecule has 0 N–H and O–H groups in total. The van der Waals surface area contributed by atoms with E-state index in [1.54, 1.807) is 30.3 Å². The number of methoxy groups -OCH3 is 1. The molecule has 150 valence electrons. The van der Waals surface area contributed by atoms with E-state index in [0.717, 1.165) is 7.11 Å². The fourth-order valence-corrected chi connectivity index (χ4v) is 3.02. The number of hydrogen-bond donors (Lipinski definition) is 0. The van der Waals surface area contributed by atoms with Gasteiger partial charge in [-0.15, -0.1) is 0 Å². The second kappa shape index (κ2) is 8.87. The van der Waals surface area contributed by atoms with Crippen LogP contribution in [0.5, 0.6) is 0 Å². The first-order valence-corrected chi connectivity index (χ1v) is 8.94. The second-order valence-electron chi connectivity index (χ2n) is 5.41. The van der Waals surface area contributed by atoms with E-state index < -0.39 is 40.2 Å². The lowest BCUT2D eigenvalue weighted by atomic mass is 10.1. The average molecular weight is 411 g/mol. The summed E-state index contributed by atoms with van der Waals surface area (Å²) in [5, 5.41) is 3.30. The van der Waals surface area contributed by atoms with Crippen LogP contribution in [0.15, 0.2) is 35.4 Å². The van der Waals surface area contributed by atoms with Crippen molar-refractivity contribution >= 4 is 10.1 Å². The van der Waals surface area contributed by atoms with Gasteiger partial charge in [0, 0.05) is 12.0 Å². The number of hydrogen-bond acceptors (Lipinski definition) is 7. The predicted octanol–water partition coefficient (Wildman–Crippen LogP) is 2.49. The summed E-state index contributed by atoms with van der Waals surface area (Å²) in [4.78, 5) is 2.55. The molecule has 0 radical (unpaired) electrons. The normalized spacial score (nSPS) is 25.9. The third kappa shape index (κ3) is 5.31. The van der Waals surface area contributed by atoms with Gasteiger partial charge in [0.25, 0.3) is 0 Å². The van der Waals surface area contributed by atoms with Crippen LogP contribution in [-0.4, -0.2) is 52.2 Å². The molecule has 1 heterocycles. The number of azide groups is 1. The minimum absolute atomic E-state index is 0.0655. The van der Waals surface area contributed by atoms with Gasteiger partial charge in [-0.1, -0.05) is 35.4 Å². The lowest BCUT2D eigenvalue weighted by Crippen LogP contribution is -2.42. The predicted molar refractivity (Wildman–Crippen MR) is 84.5 cm³/mol. The molecular formula is C14H16F3N3O6S. The van der Waals surface area contributed by atoms with Crippen molar-refractivity contribution in [2.75, 3.05) is 13.7 Å². The maximum Gasteiger partial charge on any atom is 0.523 e. The van der Waals surface area contributed by atoms with Crippen LogP contribution < -0.4 is 0 Å². The van der Waals surface area contributed by atoms with Crippen molar-refractivity contribution in [3.63, 3.8) is 0 Å². The molecule has 4 atom stereocenters. The van der Waals surface area contributed by atoms with Crippen molar-refractivity contribution in [1.82, 2.24) is 0 Å². The lowest BCUT2D eigenvalue weighted by molar-refractivity contribution is -0.144. The molecule has 0 aromatic heterocycles. The van der Waals surface area contributed by atoms with Crippen LogP contribution in [0.25, 0.3) is 10.4 Å². The highest BCUT2D eigenvalue weighted by Crippen LogP contribution is 2.33. The van der Waals surface area contributed by atoms with Crippen LogP contribution in [0, 0.1) is 0 Å². The SMILES string of the molecule is CO[C@@H]1O[C@H](CN=[N+]=[N-])[C@H](OCc2ccccc2)[C@H]1OS(=O)(=O)C(F)(F)F. The first kappa shape index (κ1) is 21.4. The first-order chi connectivity index (χ1) is 12.7. The quantitative estimate of drug-likeness (QED) is 0.213. The van der Waals surface area contributed by atoms with Gasteiger partial charge in [0.2, 0.25) is 0 Å². The summed E-state index contributed by atoms with van der Waals surface area (Å²) < 4.78 is 81.0. The molecule has 0 spiro atoms. The molecule has 1 aliphatic heterocycles. The Morgan fingerprint density at radius 3 is 2.48 bits per heavy atom. The van der Waals surface area contributed by atoms with Crippen molar-refractivity contribution < 1.29 is 40.0 Å². The van der Waals surface area contributed by atoms with Gasteiger partial charge in [-0.25, -0.2) is 0 Å². The van der Waals surface area contributed by atoms with E-state index in [-0.39, 0.29) is 13.2 Å². The monoisotopic (exact) mass is 411 g/mol. The molecule has 13 heteroatoms. The molecule has 1 aromatic rings. The number of ether oxygens (including phenoxy) is 3. The van der Waals surface area contributed by atoms with E-state index in [9.17, 15) is 21.6 Å². The van der Waals surface area contributed by atoms with Gasteiger partial charge in [0.05, 0.1) is 19.3 Å². The topological polar surface area (TPSA) is 120 Å². The number of rotatable bonds is 8. The average Bonchev–Trinajstić information content (AvgIpc) is 2.94. The summed E-state index contributed by atoms with van der Waals surface area (Å²) in [6, 6.07) is 8.61. The van der Waals surface area contributed by atoms with Crippen molar-refractivity contribution in [3.8, 4) is 0 Å². The third-order valence-electron chi connectivity index (χ3n) is 3.63. The maximum atomic E-state index is 12.7. The largest absolute Gasteiger partial charge is 0.523 e. The fraction of sp³-hybridized carbons (Fsp3) is 0.571. The van der Waals surface area contributed by atoms with E-state index in [1.807, 2.05) is 0 Å². The van der Waals surface area contributed by atoms with Gasteiger partial charge < -0.3 is 14.2 Å². The molecule has 9 nitrogen and oxygen atoms in total. The molecule has 1 aliphatic rings. The Bertz CT molecular complexity index is 770. The van der Waals surface area contributed by atoms with Crippen LogP contribution in [0.1, 0.15) is 5.56 Å². The number of nitrogens with zero attached hydrogens (tertiary/aromatic N) is 3. The minimum atomic E-state index is -5.93. The van der Waals surface area contributed by atoms with E-state index in [2.05, 4.69) is 14.2 Å². The molecular weight excluding hydrogens is 395 g/mol. The number of halogens is 3. The summed E-state index contributed by atoms with van der Waals surface area (Å²) in [6.07, 6.45) is -5.58. The molecule has 27 heavy (non-hydrogen) atoms. The smallest absolute Gasteiger partial charge is 0.368 e. The van der Waals surface area contributed by atoms with Crippen molar-refractivity contribution in [2.24, 2.45) is 5.11 Å². The standard InChI is InChI=1S/C14H16F3N3O6S/c1-23-13-12(26-27(21,22)14(15,16)17)11(10(25-13)7-19-20-18)24-8-9-5-3-2-4-6-9/h2-6,10-13H,7-8H2,1H3/t10-,11+,12-,13-/m1/s1. The van der Waals surface area contributed by atoms with Gasteiger partial charge in [0.1, 0.15) is 6.10 Å². The maximum absolute atomic E-state index is 12.7. The molecule has 0 saturated carbocycles. The summed E-state index contributed by atoms with van der Waals surface area (Å²) in [7, 11) is -4.82. The zero-order chi connectivity index (χ0) is 20.1. The van der Waals surface area contributed by atoms with Gasteiger partial charge in [0.15, 0.2) is 12.4 Å². The van der Waals surface area contributed by atoms with Crippen LogP contribution in [-0.2, 0) is 35.1 Å². The highest BCUT2D eigenvalue weighted by molar-refractivity contribution is 7.87. The molecule has 0 unspecified atom stereocenters. The Balaban J connectivity index is 2.25. The van der Waals surface area contributed by atoms with Crippen molar-refractivity contribution in [2.45, 2.75) is 36.7 Å². The highest BCUT2D eigenvalue weighted by atomic mass is 32.2. The van der Waals surface area contributed by atoms with Gasteiger partial charge in [-0.2, -0.15) is 21.6 Å². The third-order valence-corrected chi connectivity index (χ3v) is 4.67. The minimum Gasteiger partial charge on any atom is -0.368 e. The van der Waals surface area contributed by atoms with Gasteiger partial charge in [-0.05, 0) is 11.1 Å². The molecule has 1 aromatic carbocycles. The summed E-state index contributed by atoms with van der Waals surface area (Å²) in [5.41, 5.74) is 3.51. The molecule has 2 rings (SSSR count). The van der Waals surface area contributed by atoms with E-state index in [4.69, 9.17) is 19.7 Å². The number of alkyl halides is 3. The summed E-state index contributed by atoms with van der Waals surface area (Å²) in [5.74, 6) is 0. The van der Waals surface area contributed by atoms with E-state index in [1.165, 1.54) is 0 Å².